The van der Waals surface area contributed by atoms with Crippen LogP contribution in [0, 0.1) is 0 Å². The average Bonchev–Trinajstić information content (AvgIpc) is 2.93. The van der Waals surface area contributed by atoms with E-state index in [1.165, 1.54) is 5.56 Å². The number of phenolic OH excluding ortho intramolecular Hbond substituents is 1. The van der Waals surface area contributed by atoms with Gasteiger partial charge in [-0.05, 0) is 30.0 Å². The summed E-state index contributed by atoms with van der Waals surface area (Å²) in [6.07, 6.45) is 2.35. The lowest BCUT2D eigenvalue weighted by atomic mass is 9.76. The molecular formula is C17H14O2. The first-order valence-corrected chi connectivity index (χ1v) is 6.66. The molecule has 1 atom stereocenters. The molecule has 0 unspecified atom stereocenters. The van der Waals surface area contributed by atoms with E-state index >= 15 is 0 Å². The molecule has 2 aliphatic carbocycles. The van der Waals surface area contributed by atoms with Gasteiger partial charge in [-0.25, -0.2) is 0 Å². The minimum atomic E-state index is -0.283. The van der Waals surface area contributed by atoms with E-state index in [-0.39, 0.29) is 11.2 Å². The number of hydrogen-bond donors (Lipinski definition) is 1. The normalized spacial score (nSPS) is 23.7. The number of carbonyl (C=O) groups is 1. The molecule has 0 saturated carbocycles. The number of fused-ring (bicyclic) bond motifs is 4. The molecule has 2 nitrogen and oxygen atoms in total. The summed E-state index contributed by atoms with van der Waals surface area (Å²) < 4.78 is 0. The molecule has 0 radical (unpaired) electrons. The third kappa shape index (κ3) is 1.24. The second-order valence-corrected chi connectivity index (χ2v) is 5.54. The third-order valence-electron chi connectivity index (χ3n) is 4.63. The molecule has 0 saturated heterocycles. The van der Waals surface area contributed by atoms with E-state index in [1.807, 2.05) is 30.3 Å². The molecule has 0 heterocycles. The fourth-order valence-corrected chi connectivity index (χ4v) is 3.87. The van der Waals surface area contributed by atoms with Crippen molar-refractivity contribution < 1.29 is 9.90 Å². The molecule has 2 aromatic carbocycles. The Kier molecular flexibility index (Phi) is 1.97. The quantitative estimate of drug-likeness (QED) is 0.779. The van der Waals surface area contributed by atoms with Gasteiger partial charge in [0.2, 0.25) is 0 Å². The van der Waals surface area contributed by atoms with Gasteiger partial charge in [-0.15, -0.1) is 0 Å². The van der Waals surface area contributed by atoms with Crippen LogP contribution in [0.25, 0.3) is 0 Å². The molecular weight excluding hydrogens is 236 g/mol. The molecule has 0 aromatic heterocycles. The van der Waals surface area contributed by atoms with Crippen molar-refractivity contribution in [3.63, 3.8) is 0 Å². The van der Waals surface area contributed by atoms with Crippen LogP contribution in [-0.4, -0.2) is 10.9 Å². The highest BCUT2D eigenvalue weighted by Gasteiger charge is 2.49. The van der Waals surface area contributed by atoms with Gasteiger partial charge >= 0.3 is 0 Å². The monoisotopic (exact) mass is 250 g/mol. The van der Waals surface area contributed by atoms with Crippen LogP contribution in [-0.2, 0) is 11.8 Å². The molecule has 0 bridgehead atoms. The van der Waals surface area contributed by atoms with Gasteiger partial charge < -0.3 is 5.11 Å². The minimum Gasteiger partial charge on any atom is -0.508 e. The van der Waals surface area contributed by atoms with E-state index < -0.39 is 0 Å². The number of benzene rings is 2. The Balaban J connectivity index is 2.04. The number of phenols is 1. The fraction of sp³-hybridized carbons (Fsp3) is 0.235. The predicted octanol–water partition coefficient (Wildman–Crippen LogP) is 3.21. The predicted molar refractivity (Wildman–Crippen MR) is 72.6 cm³/mol. The van der Waals surface area contributed by atoms with Gasteiger partial charge in [-0.1, -0.05) is 36.4 Å². The maximum atomic E-state index is 12.3. The van der Waals surface area contributed by atoms with Crippen LogP contribution >= 0.6 is 0 Å². The van der Waals surface area contributed by atoms with Crippen LogP contribution in [0.15, 0.2) is 42.5 Å². The molecule has 94 valence electrons. The van der Waals surface area contributed by atoms with Crippen molar-refractivity contribution in [2.75, 3.05) is 0 Å². The highest BCUT2D eigenvalue weighted by molar-refractivity contribution is 6.03. The van der Waals surface area contributed by atoms with Crippen LogP contribution in [0.4, 0.5) is 0 Å². The van der Waals surface area contributed by atoms with Gasteiger partial charge in [0.15, 0.2) is 5.78 Å². The Labute approximate surface area is 111 Å². The Morgan fingerprint density at radius 2 is 1.89 bits per heavy atom. The summed E-state index contributed by atoms with van der Waals surface area (Å²) in [7, 11) is 0. The number of hydrogen-bond acceptors (Lipinski definition) is 2. The number of ketones is 1. The first-order valence-electron chi connectivity index (χ1n) is 6.66. The van der Waals surface area contributed by atoms with Crippen molar-refractivity contribution in [3.8, 4) is 5.75 Å². The van der Waals surface area contributed by atoms with Gasteiger partial charge in [0, 0.05) is 23.0 Å². The number of aromatic hydroxyl groups is 1. The molecule has 0 amide bonds. The zero-order valence-electron chi connectivity index (χ0n) is 10.5. The molecule has 0 aliphatic heterocycles. The first-order chi connectivity index (χ1) is 9.22. The fourth-order valence-electron chi connectivity index (χ4n) is 3.87. The van der Waals surface area contributed by atoms with Gasteiger partial charge in [0.1, 0.15) is 5.75 Å². The lowest BCUT2D eigenvalue weighted by Gasteiger charge is -2.26. The number of Topliss-reactive ketones (excluding diaryl/α,β-unsaturated/α-hetero) is 1. The zero-order valence-corrected chi connectivity index (χ0v) is 10.5. The van der Waals surface area contributed by atoms with Crippen LogP contribution in [0.1, 0.15) is 39.9 Å². The summed E-state index contributed by atoms with van der Waals surface area (Å²) in [5.74, 6) is 0.534. The van der Waals surface area contributed by atoms with Crippen molar-refractivity contribution in [2.24, 2.45) is 0 Å². The standard InChI is InChI=1S/C17H14O2/c18-14-7-3-4-11-8-9-17(16(11)14)10-15(19)12-5-1-2-6-13(12)17/h1-7,18H,8-10H2/t17-/m1/s1. The first kappa shape index (κ1) is 10.8. The summed E-state index contributed by atoms with van der Waals surface area (Å²) in [5, 5.41) is 10.3. The average molecular weight is 250 g/mol. The second kappa shape index (κ2) is 3.47. The highest BCUT2D eigenvalue weighted by Crippen LogP contribution is 2.54. The van der Waals surface area contributed by atoms with Gasteiger partial charge in [0.25, 0.3) is 0 Å². The maximum absolute atomic E-state index is 12.3. The summed E-state index contributed by atoms with van der Waals surface area (Å²) in [6, 6.07) is 13.5. The van der Waals surface area contributed by atoms with E-state index in [1.54, 1.807) is 6.07 Å². The highest BCUT2D eigenvalue weighted by atomic mass is 16.3. The number of carbonyl (C=O) groups excluding carboxylic acids is 1. The van der Waals surface area contributed by atoms with Crippen molar-refractivity contribution in [1.29, 1.82) is 0 Å². The van der Waals surface area contributed by atoms with Crippen molar-refractivity contribution >= 4 is 5.78 Å². The minimum absolute atomic E-state index is 0.201. The van der Waals surface area contributed by atoms with E-state index in [0.717, 1.165) is 29.5 Å². The Hall–Kier alpha value is -2.09. The molecule has 1 spiro atoms. The Morgan fingerprint density at radius 3 is 2.79 bits per heavy atom. The molecule has 2 aromatic rings. The SMILES string of the molecule is O=C1C[C@]2(CCc3cccc(O)c32)c2ccccc21. The van der Waals surface area contributed by atoms with Gasteiger partial charge in [-0.3, -0.25) is 4.79 Å². The smallest absolute Gasteiger partial charge is 0.164 e. The third-order valence-corrected chi connectivity index (χ3v) is 4.63. The second-order valence-electron chi connectivity index (χ2n) is 5.54. The summed E-state index contributed by atoms with van der Waals surface area (Å²) in [6.45, 7) is 0. The van der Waals surface area contributed by atoms with Crippen molar-refractivity contribution in [3.05, 3.63) is 64.7 Å². The van der Waals surface area contributed by atoms with Crippen molar-refractivity contribution in [1.82, 2.24) is 0 Å². The summed E-state index contributed by atoms with van der Waals surface area (Å²) in [5.41, 5.74) is 3.81. The lowest BCUT2D eigenvalue weighted by molar-refractivity contribution is 0.0979. The molecule has 2 aliphatic rings. The van der Waals surface area contributed by atoms with Crippen molar-refractivity contribution in [2.45, 2.75) is 24.7 Å². The topological polar surface area (TPSA) is 37.3 Å². The summed E-state index contributed by atoms with van der Waals surface area (Å²) in [4.78, 5) is 12.3. The number of aryl methyl sites for hydroxylation is 1. The van der Waals surface area contributed by atoms with E-state index in [2.05, 4.69) is 6.07 Å². The van der Waals surface area contributed by atoms with Crippen LogP contribution in [0.5, 0.6) is 5.75 Å². The maximum Gasteiger partial charge on any atom is 0.164 e. The molecule has 4 rings (SSSR count). The molecule has 19 heavy (non-hydrogen) atoms. The lowest BCUT2D eigenvalue weighted by Crippen LogP contribution is -2.21. The van der Waals surface area contributed by atoms with E-state index in [0.29, 0.717) is 12.2 Å². The molecule has 2 heteroatoms. The summed E-state index contributed by atoms with van der Waals surface area (Å²) >= 11 is 0. The van der Waals surface area contributed by atoms with Crippen LogP contribution in [0.2, 0.25) is 0 Å². The molecule has 0 fully saturated rings. The van der Waals surface area contributed by atoms with Gasteiger partial charge in [0.05, 0.1) is 0 Å². The number of rotatable bonds is 0. The van der Waals surface area contributed by atoms with E-state index in [4.69, 9.17) is 0 Å². The Bertz CT molecular complexity index is 702. The molecule has 1 N–H and O–H groups in total. The van der Waals surface area contributed by atoms with E-state index in [9.17, 15) is 9.90 Å². The van der Waals surface area contributed by atoms with Crippen LogP contribution in [0.3, 0.4) is 0 Å². The largest absolute Gasteiger partial charge is 0.508 e. The Morgan fingerprint density at radius 1 is 1.05 bits per heavy atom. The van der Waals surface area contributed by atoms with Crippen LogP contribution < -0.4 is 0 Å². The van der Waals surface area contributed by atoms with Gasteiger partial charge in [-0.2, -0.15) is 0 Å². The zero-order chi connectivity index (χ0) is 13.0.